The van der Waals surface area contributed by atoms with Gasteiger partial charge in [-0.2, -0.15) is 0 Å². The molecule has 3 heterocycles. The van der Waals surface area contributed by atoms with Gasteiger partial charge in [-0.3, -0.25) is 9.47 Å². The quantitative estimate of drug-likeness (QED) is 0.826. The molecule has 6 nitrogen and oxygen atoms in total. The van der Waals surface area contributed by atoms with Crippen molar-refractivity contribution in [2.75, 3.05) is 32.7 Å². The molecule has 0 spiro atoms. The van der Waals surface area contributed by atoms with Gasteiger partial charge in [0.15, 0.2) is 0 Å². The Morgan fingerprint density at radius 1 is 1.19 bits per heavy atom. The predicted molar refractivity (Wildman–Crippen MR) is 81.3 cm³/mol. The van der Waals surface area contributed by atoms with Gasteiger partial charge in [-0.15, -0.1) is 0 Å². The predicted octanol–water partition coefficient (Wildman–Crippen LogP) is 0.0975. The molecule has 0 radical (unpaired) electrons. The van der Waals surface area contributed by atoms with Gasteiger partial charge in [0.25, 0.3) is 0 Å². The summed E-state index contributed by atoms with van der Waals surface area (Å²) in [4.78, 5) is 19.0. The van der Waals surface area contributed by atoms with Crippen LogP contribution in [0.3, 0.4) is 0 Å². The monoisotopic (exact) mass is 294 g/mol. The number of nitrogens with zero attached hydrogens (tertiary/aromatic N) is 3. The van der Waals surface area contributed by atoms with Crippen molar-refractivity contribution >= 4 is 0 Å². The van der Waals surface area contributed by atoms with Gasteiger partial charge >= 0.3 is 5.69 Å². The zero-order chi connectivity index (χ0) is 14.7. The van der Waals surface area contributed by atoms with Gasteiger partial charge in [-0.25, -0.2) is 4.79 Å². The van der Waals surface area contributed by atoms with Crippen LogP contribution in [0.2, 0.25) is 0 Å². The molecule has 2 aliphatic heterocycles. The highest BCUT2D eigenvalue weighted by Gasteiger charge is 2.27. The summed E-state index contributed by atoms with van der Waals surface area (Å²) >= 11 is 0. The van der Waals surface area contributed by atoms with Gasteiger partial charge < -0.3 is 15.0 Å². The lowest BCUT2D eigenvalue weighted by Gasteiger charge is -2.41. The molecule has 2 N–H and O–H groups in total. The molecular formula is C15H26N4O2. The van der Waals surface area contributed by atoms with Crippen LogP contribution in [0.1, 0.15) is 25.7 Å². The Bertz CT molecular complexity index is 490. The number of aromatic nitrogens is 2. The molecule has 0 amide bonds. The molecule has 21 heavy (non-hydrogen) atoms. The van der Waals surface area contributed by atoms with E-state index >= 15 is 0 Å². The Balaban J connectivity index is 1.42. The van der Waals surface area contributed by atoms with Gasteiger partial charge in [0.1, 0.15) is 0 Å². The van der Waals surface area contributed by atoms with E-state index in [1.54, 1.807) is 10.8 Å². The lowest BCUT2D eigenvalue weighted by atomic mass is 9.99. The third kappa shape index (κ3) is 3.75. The fourth-order valence-electron chi connectivity index (χ4n) is 3.60. The van der Waals surface area contributed by atoms with E-state index in [0.29, 0.717) is 6.04 Å². The van der Waals surface area contributed by atoms with Crippen molar-refractivity contribution in [3.05, 3.63) is 22.9 Å². The third-order valence-corrected chi connectivity index (χ3v) is 4.88. The number of piperidine rings is 2. The molecule has 0 aromatic carbocycles. The van der Waals surface area contributed by atoms with Crippen LogP contribution in [-0.2, 0) is 6.54 Å². The molecule has 0 saturated carbocycles. The van der Waals surface area contributed by atoms with Crippen LogP contribution in [0.5, 0.6) is 0 Å². The maximum Gasteiger partial charge on any atom is 0.325 e. The fraction of sp³-hybridized carbons (Fsp3) is 0.800. The highest BCUT2D eigenvalue weighted by molar-refractivity contribution is 4.84. The summed E-state index contributed by atoms with van der Waals surface area (Å²) in [6.45, 7) is 5.87. The Morgan fingerprint density at radius 2 is 2.00 bits per heavy atom. The molecule has 1 aromatic heterocycles. The van der Waals surface area contributed by atoms with Crippen LogP contribution in [0, 0.1) is 0 Å². The van der Waals surface area contributed by atoms with E-state index in [9.17, 15) is 9.90 Å². The first kappa shape index (κ1) is 14.8. The van der Waals surface area contributed by atoms with E-state index in [4.69, 9.17) is 0 Å². The van der Waals surface area contributed by atoms with Gasteiger partial charge in [0.05, 0.1) is 6.10 Å². The van der Waals surface area contributed by atoms with Crippen LogP contribution in [0.4, 0.5) is 0 Å². The Kier molecular flexibility index (Phi) is 4.77. The maximum atomic E-state index is 11.4. The number of aliphatic hydroxyl groups is 1. The second-order valence-corrected chi connectivity index (χ2v) is 6.32. The van der Waals surface area contributed by atoms with Crippen LogP contribution >= 0.6 is 0 Å². The Labute approximate surface area is 125 Å². The number of aliphatic hydroxyl groups excluding tert-OH is 1. The van der Waals surface area contributed by atoms with E-state index in [1.165, 1.54) is 12.8 Å². The second-order valence-electron chi connectivity index (χ2n) is 6.32. The number of rotatable bonds is 4. The van der Waals surface area contributed by atoms with Crippen molar-refractivity contribution in [1.82, 2.24) is 19.4 Å². The van der Waals surface area contributed by atoms with Gasteiger partial charge in [0, 0.05) is 38.1 Å². The highest BCUT2D eigenvalue weighted by Crippen LogP contribution is 2.20. The minimum Gasteiger partial charge on any atom is -0.392 e. The summed E-state index contributed by atoms with van der Waals surface area (Å²) in [6.07, 6.45) is 7.81. The van der Waals surface area contributed by atoms with Crippen molar-refractivity contribution in [3.8, 4) is 0 Å². The SMILES string of the molecule is O=c1[nH]ccn1CCN1CCC(N2CCC[C@H](O)C2)CC1. The Morgan fingerprint density at radius 3 is 2.67 bits per heavy atom. The zero-order valence-electron chi connectivity index (χ0n) is 12.6. The standard InChI is InChI=1S/C15H26N4O2/c20-14-2-1-6-19(12-14)13-3-7-17(8-4-13)10-11-18-9-5-16-15(18)21/h5,9,13-14,20H,1-4,6-8,10-12H2,(H,16,21)/t14-/m0/s1. The number of H-pyrrole nitrogens is 1. The van der Waals surface area contributed by atoms with Crippen LogP contribution < -0.4 is 5.69 Å². The number of nitrogens with one attached hydrogen (secondary N) is 1. The first-order chi connectivity index (χ1) is 10.2. The molecule has 2 fully saturated rings. The number of imidazole rings is 1. The maximum absolute atomic E-state index is 11.4. The highest BCUT2D eigenvalue weighted by atomic mass is 16.3. The minimum absolute atomic E-state index is 0.0211. The van der Waals surface area contributed by atoms with Gasteiger partial charge in [0.2, 0.25) is 0 Å². The zero-order valence-corrected chi connectivity index (χ0v) is 12.6. The topological polar surface area (TPSA) is 64.5 Å². The first-order valence-electron chi connectivity index (χ1n) is 8.10. The molecule has 2 saturated heterocycles. The van der Waals surface area contributed by atoms with Crippen LogP contribution in [0.15, 0.2) is 17.2 Å². The summed E-state index contributed by atoms with van der Waals surface area (Å²) in [5, 5.41) is 9.79. The van der Waals surface area contributed by atoms with E-state index in [0.717, 1.165) is 52.1 Å². The summed E-state index contributed by atoms with van der Waals surface area (Å²) in [5.41, 5.74) is -0.0211. The number of hydrogen-bond donors (Lipinski definition) is 2. The molecule has 3 rings (SSSR count). The first-order valence-corrected chi connectivity index (χ1v) is 8.10. The molecule has 0 unspecified atom stereocenters. The number of aromatic amines is 1. The van der Waals surface area contributed by atoms with Gasteiger partial charge in [-0.05, 0) is 45.3 Å². The largest absolute Gasteiger partial charge is 0.392 e. The molecule has 6 heteroatoms. The van der Waals surface area contributed by atoms with Gasteiger partial charge in [-0.1, -0.05) is 0 Å². The molecule has 2 aliphatic rings. The Hall–Kier alpha value is -1.11. The molecule has 0 bridgehead atoms. The van der Waals surface area contributed by atoms with Crippen molar-refractivity contribution < 1.29 is 5.11 Å². The number of likely N-dealkylation sites (tertiary alicyclic amines) is 2. The summed E-state index contributed by atoms with van der Waals surface area (Å²) in [7, 11) is 0. The van der Waals surface area contributed by atoms with Crippen LogP contribution in [-0.4, -0.2) is 69.3 Å². The molecular weight excluding hydrogens is 268 g/mol. The average molecular weight is 294 g/mol. The van der Waals surface area contributed by atoms with Crippen molar-refractivity contribution in [1.29, 1.82) is 0 Å². The van der Waals surface area contributed by atoms with Crippen LogP contribution in [0.25, 0.3) is 0 Å². The average Bonchev–Trinajstić information content (AvgIpc) is 2.91. The minimum atomic E-state index is -0.128. The van der Waals surface area contributed by atoms with Crippen molar-refractivity contribution in [2.45, 2.75) is 44.4 Å². The summed E-state index contributed by atoms with van der Waals surface area (Å²) in [5.74, 6) is 0. The fourth-order valence-corrected chi connectivity index (χ4v) is 3.60. The number of hydrogen-bond acceptors (Lipinski definition) is 4. The van der Waals surface area contributed by atoms with E-state index in [2.05, 4.69) is 14.8 Å². The van der Waals surface area contributed by atoms with Crippen molar-refractivity contribution in [2.24, 2.45) is 0 Å². The van der Waals surface area contributed by atoms with E-state index in [1.807, 2.05) is 6.20 Å². The summed E-state index contributed by atoms with van der Waals surface area (Å²) in [6, 6.07) is 0.631. The lowest BCUT2D eigenvalue weighted by molar-refractivity contribution is 0.0249. The molecule has 1 atom stereocenters. The molecule has 0 aliphatic carbocycles. The summed E-state index contributed by atoms with van der Waals surface area (Å²) < 4.78 is 1.73. The van der Waals surface area contributed by atoms with Crippen molar-refractivity contribution in [3.63, 3.8) is 0 Å². The van der Waals surface area contributed by atoms with E-state index < -0.39 is 0 Å². The lowest BCUT2D eigenvalue weighted by Crippen LogP contribution is -2.50. The number of β-amino-alcohol motifs (C(OH)–C–C–N with tert-alkyl or cyclic N) is 1. The molecule has 118 valence electrons. The smallest absolute Gasteiger partial charge is 0.325 e. The van der Waals surface area contributed by atoms with E-state index in [-0.39, 0.29) is 11.8 Å². The third-order valence-electron chi connectivity index (χ3n) is 4.88. The second kappa shape index (κ2) is 6.77. The molecule has 1 aromatic rings. The normalized spacial score (nSPS) is 26.2.